The highest BCUT2D eigenvalue weighted by atomic mass is 16.5. The summed E-state index contributed by atoms with van der Waals surface area (Å²) in [6, 6.07) is 6.83. The van der Waals surface area contributed by atoms with Crippen LogP contribution < -0.4 is 5.73 Å². The summed E-state index contributed by atoms with van der Waals surface area (Å²) < 4.78 is 9.02. The minimum Gasteiger partial charge on any atom is -0.468 e. The third kappa shape index (κ3) is 5.52. The first-order valence-electron chi connectivity index (χ1n) is 6.22. The number of nitrogens with zero attached hydrogens (tertiary/aromatic N) is 1. The molecule has 0 fully saturated rings. The molecule has 0 heterocycles. The van der Waals surface area contributed by atoms with Crippen LogP contribution in [0.1, 0.15) is 5.56 Å². The normalized spacial score (nSPS) is 9.81. The van der Waals surface area contributed by atoms with Crippen LogP contribution in [0, 0.1) is 0 Å². The number of nitrogens with two attached hydrogens (primary N) is 1. The molecule has 7 nitrogen and oxygen atoms in total. The van der Waals surface area contributed by atoms with Crippen molar-refractivity contribution in [1.82, 2.24) is 4.90 Å². The molecule has 1 amide bonds. The van der Waals surface area contributed by atoms with Gasteiger partial charge in [0.25, 0.3) is 0 Å². The molecule has 2 N–H and O–H groups in total. The Morgan fingerprint density at radius 1 is 1.10 bits per heavy atom. The Morgan fingerprint density at radius 2 is 1.67 bits per heavy atom. The van der Waals surface area contributed by atoms with Crippen molar-refractivity contribution in [1.29, 1.82) is 0 Å². The van der Waals surface area contributed by atoms with Gasteiger partial charge in [-0.05, 0) is 17.7 Å². The molecular formula is C14H18N2O5. The number of rotatable bonds is 6. The summed E-state index contributed by atoms with van der Waals surface area (Å²) in [5.74, 6) is -1.61. The van der Waals surface area contributed by atoms with Crippen LogP contribution in [0.15, 0.2) is 24.3 Å². The fraction of sp³-hybridized carbons (Fsp3) is 0.357. The van der Waals surface area contributed by atoms with Crippen molar-refractivity contribution in [3.8, 4) is 0 Å². The van der Waals surface area contributed by atoms with Gasteiger partial charge in [-0.15, -0.1) is 0 Å². The standard InChI is InChI=1S/C14H18N2O5/c1-20-13(18)8-16(9-14(19)21-2)12(17)7-10-4-3-5-11(15)6-10/h3-6H,7-9,15H2,1-2H3. The van der Waals surface area contributed by atoms with Gasteiger partial charge in [0, 0.05) is 5.69 Å². The second-order valence-electron chi connectivity index (χ2n) is 4.32. The maximum Gasteiger partial charge on any atom is 0.325 e. The lowest BCUT2D eigenvalue weighted by atomic mass is 10.1. The van der Waals surface area contributed by atoms with Gasteiger partial charge in [0.2, 0.25) is 5.91 Å². The third-order valence-corrected chi connectivity index (χ3v) is 2.75. The molecule has 0 aliphatic carbocycles. The minimum atomic E-state index is -0.611. The lowest BCUT2D eigenvalue weighted by Gasteiger charge is -2.20. The summed E-state index contributed by atoms with van der Waals surface area (Å²) in [4.78, 5) is 35.9. The summed E-state index contributed by atoms with van der Waals surface area (Å²) in [6.45, 7) is -0.625. The van der Waals surface area contributed by atoms with Crippen molar-refractivity contribution in [3.63, 3.8) is 0 Å². The van der Waals surface area contributed by atoms with E-state index in [9.17, 15) is 14.4 Å². The van der Waals surface area contributed by atoms with E-state index in [1.54, 1.807) is 24.3 Å². The third-order valence-electron chi connectivity index (χ3n) is 2.75. The van der Waals surface area contributed by atoms with Crippen LogP contribution in [-0.4, -0.2) is 50.1 Å². The van der Waals surface area contributed by atoms with Crippen LogP contribution in [0.5, 0.6) is 0 Å². The van der Waals surface area contributed by atoms with Crippen LogP contribution in [0.2, 0.25) is 0 Å². The van der Waals surface area contributed by atoms with Crippen molar-refractivity contribution in [3.05, 3.63) is 29.8 Å². The highest BCUT2D eigenvalue weighted by Gasteiger charge is 2.21. The number of hydrogen-bond donors (Lipinski definition) is 1. The van der Waals surface area contributed by atoms with Gasteiger partial charge in [-0.1, -0.05) is 12.1 Å². The van der Waals surface area contributed by atoms with Crippen LogP contribution in [0.4, 0.5) is 5.69 Å². The van der Waals surface area contributed by atoms with Crippen molar-refractivity contribution in [2.24, 2.45) is 0 Å². The van der Waals surface area contributed by atoms with Gasteiger partial charge in [0.1, 0.15) is 13.1 Å². The molecule has 0 spiro atoms. The number of anilines is 1. The molecule has 21 heavy (non-hydrogen) atoms. The highest BCUT2D eigenvalue weighted by molar-refractivity contribution is 5.87. The lowest BCUT2D eigenvalue weighted by molar-refractivity contribution is -0.151. The van der Waals surface area contributed by atoms with E-state index in [2.05, 4.69) is 9.47 Å². The Morgan fingerprint density at radius 3 is 2.14 bits per heavy atom. The zero-order chi connectivity index (χ0) is 15.8. The fourth-order valence-electron chi connectivity index (χ4n) is 1.66. The summed E-state index contributed by atoms with van der Waals surface area (Å²) >= 11 is 0. The van der Waals surface area contributed by atoms with Crippen molar-refractivity contribution < 1.29 is 23.9 Å². The Labute approximate surface area is 122 Å². The Kier molecular flexibility index (Phi) is 6.19. The molecule has 0 bridgehead atoms. The Hall–Kier alpha value is -2.57. The van der Waals surface area contributed by atoms with Gasteiger partial charge < -0.3 is 20.1 Å². The number of hydrogen-bond acceptors (Lipinski definition) is 6. The summed E-state index contributed by atoms with van der Waals surface area (Å²) in [7, 11) is 2.42. The van der Waals surface area contributed by atoms with Crippen LogP contribution in [-0.2, 0) is 30.3 Å². The fourth-order valence-corrected chi connectivity index (χ4v) is 1.66. The van der Waals surface area contributed by atoms with E-state index in [1.165, 1.54) is 14.2 Å². The number of methoxy groups -OCH3 is 2. The van der Waals surface area contributed by atoms with E-state index < -0.39 is 17.8 Å². The number of carbonyl (C=O) groups excluding carboxylic acids is 3. The Balaban J connectivity index is 2.78. The zero-order valence-corrected chi connectivity index (χ0v) is 12.0. The molecule has 1 rings (SSSR count). The number of carbonyl (C=O) groups is 3. The van der Waals surface area contributed by atoms with E-state index in [0.717, 1.165) is 4.90 Å². The highest BCUT2D eigenvalue weighted by Crippen LogP contribution is 2.09. The molecule has 0 unspecified atom stereocenters. The Bertz CT molecular complexity index is 512. The molecule has 1 aromatic carbocycles. The second-order valence-corrected chi connectivity index (χ2v) is 4.32. The average molecular weight is 294 g/mol. The predicted molar refractivity (Wildman–Crippen MR) is 75.2 cm³/mol. The SMILES string of the molecule is COC(=O)CN(CC(=O)OC)C(=O)Cc1cccc(N)c1. The van der Waals surface area contributed by atoms with E-state index in [0.29, 0.717) is 11.3 Å². The topological polar surface area (TPSA) is 98.9 Å². The maximum atomic E-state index is 12.2. The van der Waals surface area contributed by atoms with Crippen LogP contribution >= 0.6 is 0 Å². The van der Waals surface area contributed by atoms with Crippen molar-refractivity contribution >= 4 is 23.5 Å². The summed E-state index contributed by atoms with van der Waals surface area (Å²) in [5, 5.41) is 0. The summed E-state index contributed by atoms with van der Waals surface area (Å²) in [6.07, 6.45) is 0.0268. The maximum absolute atomic E-state index is 12.2. The molecule has 7 heteroatoms. The molecule has 0 saturated carbocycles. The monoisotopic (exact) mass is 294 g/mol. The van der Waals surface area contributed by atoms with Gasteiger partial charge in [0.15, 0.2) is 0 Å². The molecule has 0 aliphatic rings. The number of benzene rings is 1. The minimum absolute atomic E-state index is 0.0268. The smallest absolute Gasteiger partial charge is 0.325 e. The summed E-state index contributed by atoms with van der Waals surface area (Å²) in [5.41, 5.74) is 6.87. The quantitative estimate of drug-likeness (QED) is 0.585. The first-order valence-corrected chi connectivity index (χ1v) is 6.22. The van der Waals surface area contributed by atoms with Crippen LogP contribution in [0.25, 0.3) is 0 Å². The van der Waals surface area contributed by atoms with E-state index in [-0.39, 0.29) is 19.5 Å². The van der Waals surface area contributed by atoms with Gasteiger partial charge in [-0.3, -0.25) is 14.4 Å². The number of nitrogen functional groups attached to an aromatic ring is 1. The van der Waals surface area contributed by atoms with E-state index in [4.69, 9.17) is 5.73 Å². The van der Waals surface area contributed by atoms with Gasteiger partial charge >= 0.3 is 11.9 Å². The molecule has 0 aromatic heterocycles. The lowest BCUT2D eigenvalue weighted by Crippen LogP contribution is -2.41. The van der Waals surface area contributed by atoms with Crippen molar-refractivity contribution in [2.45, 2.75) is 6.42 Å². The molecule has 0 saturated heterocycles. The molecule has 1 aromatic rings. The molecule has 0 radical (unpaired) electrons. The van der Waals surface area contributed by atoms with Crippen molar-refractivity contribution in [2.75, 3.05) is 33.0 Å². The van der Waals surface area contributed by atoms with E-state index in [1.807, 2.05) is 0 Å². The average Bonchev–Trinajstić information content (AvgIpc) is 2.46. The first kappa shape index (κ1) is 16.5. The molecule has 114 valence electrons. The van der Waals surface area contributed by atoms with Crippen LogP contribution in [0.3, 0.4) is 0 Å². The number of esters is 2. The van der Waals surface area contributed by atoms with Gasteiger partial charge in [-0.25, -0.2) is 0 Å². The first-order chi connectivity index (χ1) is 9.96. The van der Waals surface area contributed by atoms with Gasteiger partial charge in [-0.2, -0.15) is 0 Å². The molecule has 0 atom stereocenters. The largest absolute Gasteiger partial charge is 0.468 e. The number of amides is 1. The predicted octanol–water partition coefficient (Wildman–Crippen LogP) is -0.0141. The number of ether oxygens (including phenoxy) is 2. The molecular weight excluding hydrogens is 276 g/mol. The second kappa shape index (κ2) is 7.88. The molecule has 0 aliphatic heterocycles. The van der Waals surface area contributed by atoms with Gasteiger partial charge in [0.05, 0.1) is 20.6 Å². The van der Waals surface area contributed by atoms with E-state index >= 15 is 0 Å². The zero-order valence-electron chi connectivity index (χ0n) is 12.0.